The molecule has 0 spiro atoms. The van der Waals surface area contributed by atoms with Crippen molar-refractivity contribution in [2.45, 2.75) is 18.9 Å². The predicted molar refractivity (Wildman–Crippen MR) is 92.6 cm³/mol. The highest BCUT2D eigenvalue weighted by molar-refractivity contribution is 7.71. The number of aromatic nitrogens is 1. The summed E-state index contributed by atoms with van der Waals surface area (Å²) in [7, 11) is 0. The lowest BCUT2D eigenvalue weighted by atomic mass is 10.1. The second-order valence-electron chi connectivity index (χ2n) is 5.45. The van der Waals surface area contributed by atoms with Crippen LogP contribution in [0.2, 0.25) is 5.02 Å². The third kappa shape index (κ3) is 3.74. The molecule has 1 aliphatic heterocycles. The molecule has 0 saturated carbocycles. The first-order valence-electron chi connectivity index (χ1n) is 7.53. The summed E-state index contributed by atoms with van der Waals surface area (Å²) in [5.41, 5.74) is 0.549. The molecule has 2 heterocycles. The number of nitrogens with one attached hydrogen (secondary N) is 1. The fourth-order valence-electron chi connectivity index (χ4n) is 2.66. The summed E-state index contributed by atoms with van der Waals surface area (Å²) in [5.74, 6) is 0.674. The molecule has 0 atom stereocenters. The van der Waals surface area contributed by atoms with Crippen molar-refractivity contribution in [1.82, 2.24) is 9.88 Å². The number of likely N-dealkylation sites (tertiary alicyclic amines) is 1. The van der Waals surface area contributed by atoms with Crippen LogP contribution in [0, 0.1) is 4.64 Å². The second kappa shape index (κ2) is 7.15. The van der Waals surface area contributed by atoms with Crippen LogP contribution in [0.5, 0.6) is 5.75 Å². The Hall–Kier alpha value is -1.85. The van der Waals surface area contributed by atoms with E-state index in [-0.39, 0.29) is 12.0 Å². The Morgan fingerprint density at radius 3 is 2.65 bits per heavy atom. The van der Waals surface area contributed by atoms with Crippen molar-refractivity contribution >= 4 is 29.7 Å². The van der Waals surface area contributed by atoms with Gasteiger partial charge in [0.1, 0.15) is 16.5 Å². The second-order valence-corrected chi connectivity index (χ2v) is 6.27. The number of amides is 1. The van der Waals surface area contributed by atoms with E-state index in [2.05, 4.69) is 4.98 Å². The molecule has 0 aliphatic carbocycles. The Labute approximate surface area is 145 Å². The number of ether oxygens (including phenoxy) is 1. The van der Waals surface area contributed by atoms with E-state index in [0.717, 1.165) is 12.8 Å². The van der Waals surface area contributed by atoms with Gasteiger partial charge in [0.2, 0.25) is 0 Å². The maximum atomic E-state index is 12.5. The molecule has 23 heavy (non-hydrogen) atoms. The van der Waals surface area contributed by atoms with E-state index in [1.165, 1.54) is 0 Å². The summed E-state index contributed by atoms with van der Waals surface area (Å²) in [6.45, 7) is 1.30. The fraction of sp³-hybridized carbons (Fsp3) is 0.294. The highest BCUT2D eigenvalue weighted by atomic mass is 35.5. The number of hydrogen-bond acceptors (Lipinski definition) is 3. The number of hydrogen-bond donors (Lipinski definition) is 1. The van der Waals surface area contributed by atoms with Crippen molar-refractivity contribution in [2.75, 3.05) is 13.1 Å². The van der Waals surface area contributed by atoms with Gasteiger partial charge in [-0.2, -0.15) is 0 Å². The van der Waals surface area contributed by atoms with Gasteiger partial charge in [0.25, 0.3) is 5.91 Å². The van der Waals surface area contributed by atoms with Gasteiger partial charge in [-0.3, -0.25) is 4.79 Å². The van der Waals surface area contributed by atoms with E-state index in [1.54, 1.807) is 18.3 Å². The van der Waals surface area contributed by atoms with Gasteiger partial charge in [0, 0.05) is 32.1 Å². The number of benzene rings is 1. The highest BCUT2D eigenvalue weighted by Crippen LogP contribution is 2.27. The van der Waals surface area contributed by atoms with Crippen molar-refractivity contribution < 1.29 is 9.53 Å². The van der Waals surface area contributed by atoms with Crippen LogP contribution in [0.3, 0.4) is 0 Å². The quantitative estimate of drug-likeness (QED) is 0.850. The molecular weight excluding hydrogens is 332 g/mol. The number of aromatic amines is 1. The highest BCUT2D eigenvalue weighted by Gasteiger charge is 2.25. The molecule has 0 bridgehead atoms. The average molecular weight is 349 g/mol. The number of carbonyl (C=O) groups is 1. The summed E-state index contributed by atoms with van der Waals surface area (Å²) in [6, 6.07) is 11.0. The SMILES string of the molecule is O=C(c1ccc[nH]c1=S)N1CCC(Oc2ccccc2Cl)CC1. The van der Waals surface area contributed by atoms with Crippen molar-refractivity contribution in [2.24, 2.45) is 0 Å². The zero-order valence-electron chi connectivity index (χ0n) is 12.5. The van der Waals surface area contributed by atoms with Crippen LogP contribution in [-0.2, 0) is 0 Å². The van der Waals surface area contributed by atoms with Crippen LogP contribution < -0.4 is 4.74 Å². The molecule has 0 radical (unpaired) electrons. The molecule has 2 aromatic rings. The van der Waals surface area contributed by atoms with Gasteiger partial charge >= 0.3 is 0 Å². The van der Waals surface area contributed by atoms with Gasteiger partial charge in [0.05, 0.1) is 10.6 Å². The number of H-pyrrole nitrogens is 1. The summed E-state index contributed by atoms with van der Waals surface area (Å²) >= 11 is 11.3. The summed E-state index contributed by atoms with van der Waals surface area (Å²) < 4.78 is 6.43. The standard InChI is InChI=1S/C17H17ClN2O2S/c18-14-5-1-2-6-15(14)22-12-7-10-20(11-8-12)17(21)13-4-3-9-19-16(13)23/h1-6,9,12H,7-8,10-11H2,(H,19,23). The molecule has 6 heteroatoms. The number of para-hydroxylation sites is 1. The van der Waals surface area contributed by atoms with Crippen LogP contribution in [0.1, 0.15) is 23.2 Å². The Morgan fingerprint density at radius 2 is 1.96 bits per heavy atom. The first-order chi connectivity index (χ1) is 11.1. The molecule has 1 fully saturated rings. The van der Waals surface area contributed by atoms with Crippen molar-refractivity contribution in [3.63, 3.8) is 0 Å². The molecule has 120 valence electrons. The van der Waals surface area contributed by atoms with Gasteiger partial charge in [-0.1, -0.05) is 36.0 Å². The van der Waals surface area contributed by atoms with Crippen molar-refractivity contribution in [1.29, 1.82) is 0 Å². The molecule has 1 aromatic heterocycles. The minimum absolute atomic E-state index is 0.0250. The zero-order valence-corrected chi connectivity index (χ0v) is 14.1. The van der Waals surface area contributed by atoms with Crippen molar-refractivity contribution in [3.8, 4) is 5.75 Å². The largest absolute Gasteiger partial charge is 0.489 e. The van der Waals surface area contributed by atoms with E-state index in [9.17, 15) is 4.79 Å². The number of halogens is 1. The molecule has 0 unspecified atom stereocenters. The lowest BCUT2D eigenvalue weighted by Crippen LogP contribution is -2.42. The summed E-state index contributed by atoms with van der Waals surface area (Å²) in [5, 5.41) is 0.613. The van der Waals surface area contributed by atoms with E-state index >= 15 is 0 Å². The molecule has 3 rings (SSSR count). The Kier molecular flexibility index (Phi) is 4.98. The topological polar surface area (TPSA) is 45.3 Å². The minimum Gasteiger partial charge on any atom is -0.489 e. The third-order valence-corrected chi connectivity index (χ3v) is 4.56. The number of rotatable bonds is 3. The molecule has 1 N–H and O–H groups in total. The maximum Gasteiger partial charge on any atom is 0.256 e. The molecule has 1 amide bonds. The number of carbonyl (C=O) groups excluding carboxylic acids is 1. The molecule has 1 saturated heterocycles. The monoisotopic (exact) mass is 348 g/mol. The minimum atomic E-state index is -0.0250. The number of nitrogens with zero attached hydrogens (tertiary/aromatic N) is 1. The molecule has 1 aliphatic rings. The first-order valence-corrected chi connectivity index (χ1v) is 8.32. The molecule has 4 nitrogen and oxygen atoms in total. The van der Waals surface area contributed by atoms with E-state index in [1.807, 2.05) is 29.2 Å². The average Bonchev–Trinajstić information content (AvgIpc) is 2.57. The third-order valence-electron chi connectivity index (χ3n) is 3.91. The summed E-state index contributed by atoms with van der Waals surface area (Å²) in [4.78, 5) is 17.2. The van der Waals surface area contributed by atoms with Crippen LogP contribution in [0.4, 0.5) is 0 Å². The number of pyridine rings is 1. The van der Waals surface area contributed by atoms with E-state index < -0.39 is 0 Å². The fourth-order valence-corrected chi connectivity index (χ4v) is 3.06. The maximum absolute atomic E-state index is 12.5. The lowest BCUT2D eigenvalue weighted by Gasteiger charge is -2.32. The summed E-state index contributed by atoms with van der Waals surface area (Å²) in [6.07, 6.45) is 3.35. The van der Waals surface area contributed by atoms with Crippen LogP contribution in [0.15, 0.2) is 42.6 Å². The smallest absolute Gasteiger partial charge is 0.256 e. The van der Waals surface area contributed by atoms with Gasteiger partial charge < -0.3 is 14.6 Å². The van der Waals surface area contributed by atoms with Gasteiger partial charge in [0.15, 0.2) is 0 Å². The van der Waals surface area contributed by atoms with Gasteiger partial charge in [-0.25, -0.2) is 0 Å². The molecule has 1 aromatic carbocycles. The Bertz CT molecular complexity index is 754. The van der Waals surface area contributed by atoms with Crippen LogP contribution >= 0.6 is 23.8 Å². The molecular formula is C17H17ClN2O2S. The van der Waals surface area contributed by atoms with Crippen LogP contribution in [0.25, 0.3) is 0 Å². The van der Waals surface area contributed by atoms with Gasteiger partial charge in [-0.15, -0.1) is 0 Å². The van der Waals surface area contributed by atoms with E-state index in [4.69, 9.17) is 28.6 Å². The normalized spacial score (nSPS) is 15.4. The van der Waals surface area contributed by atoms with E-state index in [0.29, 0.717) is 34.1 Å². The van der Waals surface area contributed by atoms with Crippen molar-refractivity contribution in [3.05, 3.63) is 57.8 Å². The predicted octanol–water partition coefficient (Wildman–Crippen LogP) is 4.08. The Morgan fingerprint density at radius 1 is 1.22 bits per heavy atom. The van der Waals surface area contributed by atoms with Gasteiger partial charge in [-0.05, 0) is 24.3 Å². The lowest BCUT2D eigenvalue weighted by molar-refractivity contribution is 0.0595. The Balaban J connectivity index is 1.60. The first kappa shape index (κ1) is 16.0. The zero-order chi connectivity index (χ0) is 16.2. The number of piperidine rings is 1. The van der Waals surface area contributed by atoms with Crippen LogP contribution in [-0.4, -0.2) is 35.0 Å².